The fourth-order valence-electron chi connectivity index (χ4n) is 3.99. The van der Waals surface area contributed by atoms with Crippen molar-refractivity contribution < 1.29 is 9.59 Å². The minimum Gasteiger partial charge on any atom is -0.352 e. The first-order valence-corrected chi connectivity index (χ1v) is 13.4. The highest BCUT2D eigenvalue weighted by atomic mass is 79.9. The minimum absolute atomic E-state index is 0.0181. The van der Waals surface area contributed by atoms with E-state index >= 15 is 0 Å². The number of benzene rings is 2. The quantitative estimate of drug-likeness (QED) is 0.392. The SMILES string of the molecule is CC[C@H](C(=O)NC1CCCC1)N(Cc1ccc(Cl)cc1)C(=O)CSCc1ccc(Br)cc1. The summed E-state index contributed by atoms with van der Waals surface area (Å²) in [6, 6.07) is 15.3. The molecule has 0 spiro atoms. The van der Waals surface area contributed by atoms with Gasteiger partial charge in [0.25, 0.3) is 0 Å². The van der Waals surface area contributed by atoms with Crippen LogP contribution in [0.1, 0.15) is 50.2 Å². The van der Waals surface area contributed by atoms with Crippen molar-refractivity contribution in [3.05, 3.63) is 69.2 Å². The monoisotopic (exact) mass is 536 g/mol. The van der Waals surface area contributed by atoms with Gasteiger partial charge in [-0.25, -0.2) is 0 Å². The molecule has 2 aromatic carbocycles. The van der Waals surface area contributed by atoms with Crippen LogP contribution in [0.2, 0.25) is 5.02 Å². The minimum atomic E-state index is -0.480. The molecule has 0 aliphatic heterocycles. The number of carbonyl (C=O) groups excluding carboxylic acids is 2. The van der Waals surface area contributed by atoms with Gasteiger partial charge in [0.15, 0.2) is 0 Å². The molecule has 1 saturated carbocycles. The molecular formula is C25H30BrClN2O2S. The summed E-state index contributed by atoms with van der Waals surface area (Å²) in [5.41, 5.74) is 2.13. The first-order chi connectivity index (χ1) is 15.5. The fraction of sp³-hybridized carbons (Fsp3) is 0.440. The van der Waals surface area contributed by atoms with Crippen molar-refractivity contribution in [2.75, 3.05) is 5.75 Å². The van der Waals surface area contributed by atoms with Crippen molar-refractivity contribution >= 4 is 51.1 Å². The highest BCUT2D eigenvalue weighted by Crippen LogP contribution is 2.21. The van der Waals surface area contributed by atoms with Gasteiger partial charge in [-0.1, -0.05) is 71.6 Å². The van der Waals surface area contributed by atoms with E-state index < -0.39 is 6.04 Å². The van der Waals surface area contributed by atoms with E-state index in [0.717, 1.165) is 41.5 Å². The second-order valence-corrected chi connectivity index (χ2v) is 10.5. The summed E-state index contributed by atoms with van der Waals surface area (Å²) in [4.78, 5) is 28.1. The molecule has 1 N–H and O–H groups in total. The lowest BCUT2D eigenvalue weighted by molar-refractivity contribution is -0.139. The number of hydrogen-bond donors (Lipinski definition) is 1. The Balaban J connectivity index is 1.68. The molecule has 0 heterocycles. The molecule has 0 unspecified atom stereocenters. The number of rotatable bonds is 10. The second kappa shape index (κ2) is 12.7. The Morgan fingerprint density at radius 3 is 2.34 bits per heavy atom. The van der Waals surface area contributed by atoms with Gasteiger partial charge < -0.3 is 10.2 Å². The van der Waals surface area contributed by atoms with Gasteiger partial charge in [-0.3, -0.25) is 9.59 Å². The Bertz CT molecular complexity index is 886. The third-order valence-electron chi connectivity index (χ3n) is 5.76. The average molecular weight is 538 g/mol. The number of carbonyl (C=O) groups is 2. The number of thioether (sulfide) groups is 1. The molecule has 0 aromatic heterocycles. The van der Waals surface area contributed by atoms with Crippen molar-refractivity contribution in [1.82, 2.24) is 10.2 Å². The maximum atomic E-state index is 13.3. The summed E-state index contributed by atoms with van der Waals surface area (Å²) in [7, 11) is 0. The molecule has 1 aliphatic carbocycles. The van der Waals surface area contributed by atoms with E-state index in [2.05, 4.69) is 33.4 Å². The van der Waals surface area contributed by atoms with Crippen LogP contribution in [0.4, 0.5) is 0 Å². The summed E-state index contributed by atoms with van der Waals surface area (Å²) in [6.45, 7) is 2.36. The van der Waals surface area contributed by atoms with Gasteiger partial charge in [0, 0.05) is 27.8 Å². The Labute approximate surface area is 208 Å². The Kier molecular flexibility index (Phi) is 9.94. The Morgan fingerprint density at radius 2 is 1.72 bits per heavy atom. The molecule has 3 rings (SSSR count). The zero-order chi connectivity index (χ0) is 22.9. The predicted molar refractivity (Wildman–Crippen MR) is 137 cm³/mol. The predicted octanol–water partition coefficient (Wildman–Crippen LogP) is 6.20. The van der Waals surface area contributed by atoms with Crippen molar-refractivity contribution in [3.63, 3.8) is 0 Å². The van der Waals surface area contributed by atoms with Gasteiger partial charge in [0.05, 0.1) is 5.75 Å². The maximum absolute atomic E-state index is 13.3. The largest absolute Gasteiger partial charge is 0.352 e. The first kappa shape index (κ1) is 25.1. The Morgan fingerprint density at radius 1 is 1.09 bits per heavy atom. The van der Waals surface area contributed by atoms with Gasteiger partial charge in [0.1, 0.15) is 6.04 Å². The molecule has 32 heavy (non-hydrogen) atoms. The lowest BCUT2D eigenvalue weighted by Crippen LogP contribution is -2.51. The van der Waals surface area contributed by atoms with Crippen molar-refractivity contribution in [1.29, 1.82) is 0 Å². The molecule has 2 aromatic rings. The van der Waals surface area contributed by atoms with Crippen LogP contribution < -0.4 is 5.32 Å². The summed E-state index contributed by atoms with van der Waals surface area (Å²) in [5, 5.41) is 3.84. The highest BCUT2D eigenvalue weighted by Gasteiger charge is 2.30. The van der Waals surface area contributed by atoms with E-state index in [1.165, 1.54) is 5.56 Å². The van der Waals surface area contributed by atoms with Crippen molar-refractivity contribution in [3.8, 4) is 0 Å². The molecule has 0 saturated heterocycles. The molecule has 1 fully saturated rings. The van der Waals surface area contributed by atoms with E-state index in [4.69, 9.17) is 11.6 Å². The normalized spacial score (nSPS) is 14.8. The molecule has 2 amide bonds. The highest BCUT2D eigenvalue weighted by molar-refractivity contribution is 9.10. The molecule has 4 nitrogen and oxygen atoms in total. The fourth-order valence-corrected chi connectivity index (χ4v) is 5.25. The van der Waals surface area contributed by atoms with Crippen LogP contribution in [0.25, 0.3) is 0 Å². The summed E-state index contributed by atoms with van der Waals surface area (Å²) in [5.74, 6) is 1.02. The van der Waals surface area contributed by atoms with Gasteiger partial charge in [0.2, 0.25) is 11.8 Å². The Hall–Kier alpha value is -1.50. The van der Waals surface area contributed by atoms with E-state index in [1.54, 1.807) is 16.7 Å². The van der Waals surface area contributed by atoms with E-state index in [9.17, 15) is 9.59 Å². The molecule has 1 aliphatic rings. The van der Waals surface area contributed by atoms with Crippen LogP contribution >= 0.6 is 39.3 Å². The molecule has 7 heteroatoms. The number of nitrogens with zero attached hydrogens (tertiary/aromatic N) is 1. The van der Waals surface area contributed by atoms with Crippen molar-refractivity contribution in [2.24, 2.45) is 0 Å². The zero-order valence-electron chi connectivity index (χ0n) is 18.4. The average Bonchev–Trinajstić information content (AvgIpc) is 3.29. The van der Waals surface area contributed by atoms with E-state index in [0.29, 0.717) is 23.7 Å². The van der Waals surface area contributed by atoms with Gasteiger partial charge in [-0.15, -0.1) is 11.8 Å². The first-order valence-electron chi connectivity index (χ1n) is 11.1. The van der Waals surface area contributed by atoms with Gasteiger partial charge in [-0.05, 0) is 54.7 Å². The van der Waals surface area contributed by atoms with Gasteiger partial charge in [-0.2, -0.15) is 0 Å². The van der Waals surface area contributed by atoms with Crippen LogP contribution in [0.5, 0.6) is 0 Å². The standard InChI is InChI=1S/C25H30BrClN2O2S/c1-2-23(25(31)28-22-5-3-4-6-22)29(15-18-9-13-21(27)14-10-18)24(30)17-32-16-19-7-11-20(26)12-8-19/h7-14,22-23H,2-6,15-17H2,1H3,(H,28,31)/t23-/m1/s1. The van der Waals surface area contributed by atoms with Crippen LogP contribution in [0.15, 0.2) is 53.0 Å². The number of hydrogen-bond acceptors (Lipinski definition) is 3. The summed E-state index contributed by atoms with van der Waals surface area (Å²) >= 11 is 11.1. The lowest BCUT2D eigenvalue weighted by Gasteiger charge is -2.31. The molecule has 172 valence electrons. The van der Waals surface area contributed by atoms with Crippen LogP contribution in [-0.2, 0) is 21.9 Å². The summed E-state index contributed by atoms with van der Waals surface area (Å²) < 4.78 is 1.04. The van der Waals surface area contributed by atoms with E-state index in [-0.39, 0.29) is 17.9 Å². The van der Waals surface area contributed by atoms with Crippen molar-refractivity contribution in [2.45, 2.75) is 63.4 Å². The lowest BCUT2D eigenvalue weighted by atomic mass is 10.1. The number of nitrogens with one attached hydrogen (secondary N) is 1. The molecule has 1 atom stereocenters. The molecular weight excluding hydrogens is 508 g/mol. The van der Waals surface area contributed by atoms with E-state index in [1.807, 2.05) is 43.3 Å². The van der Waals surface area contributed by atoms with Crippen LogP contribution in [0, 0.1) is 0 Å². The number of halogens is 2. The topological polar surface area (TPSA) is 49.4 Å². The third-order valence-corrected chi connectivity index (χ3v) is 7.53. The molecule has 0 bridgehead atoms. The number of amides is 2. The van der Waals surface area contributed by atoms with Gasteiger partial charge >= 0.3 is 0 Å². The third kappa shape index (κ3) is 7.53. The maximum Gasteiger partial charge on any atom is 0.243 e. The zero-order valence-corrected chi connectivity index (χ0v) is 21.5. The second-order valence-electron chi connectivity index (χ2n) is 8.18. The molecule has 0 radical (unpaired) electrons. The van der Waals surface area contributed by atoms with Crippen LogP contribution in [-0.4, -0.2) is 34.6 Å². The summed E-state index contributed by atoms with van der Waals surface area (Å²) in [6.07, 6.45) is 4.94. The smallest absolute Gasteiger partial charge is 0.243 e. The van der Waals surface area contributed by atoms with Crippen LogP contribution in [0.3, 0.4) is 0 Å².